The van der Waals surface area contributed by atoms with Crippen LogP contribution in [-0.2, 0) is 0 Å². The van der Waals surface area contributed by atoms with Crippen molar-refractivity contribution in [3.63, 3.8) is 0 Å². The standard InChI is InChI=1S/C20H17ClN2O2S/c1-4-25-17-6-5-14(21)9-13(17)10-18-19(24)23-16-8-12(3)11(2)7-15(16)22-20(23)26-18/h5-10H,4H2,1-3H3/b18-10+. The molecule has 4 aromatic rings. The Kier molecular flexibility index (Phi) is 4.21. The summed E-state index contributed by atoms with van der Waals surface area (Å²) in [4.78, 5) is 18.3. The molecule has 0 aliphatic rings. The van der Waals surface area contributed by atoms with Crippen LogP contribution >= 0.6 is 22.9 Å². The van der Waals surface area contributed by atoms with Gasteiger partial charge in [-0.05, 0) is 68.3 Å². The van der Waals surface area contributed by atoms with Crippen molar-refractivity contribution in [1.82, 2.24) is 9.38 Å². The molecule has 132 valence electrons. The average molecular weight is 385 g/mol. The highest BCUT2D eigenvalue weighted by molar-refractivity contribution is 7.15. The molecule has 0 spiro atoms. The van der Waals surface area contributed by atoms with Crippen molar-refractivity contribution in [2.24, 2.45) is 0 Å². The molecule has 6 heteroatoms. The molecule has 0 atom stereocenters. The lowest BCUT2D eigenvalue weighted by atomic mass is 10.1. The molecule has 0 fully saturated rings. The normalized spacial score (nSPS) is 12.4. The Morgan fingerprint density at radius 3 is 2.77 bits per heavy atom. The van der Waals surface area contributed by atoms with Crippen molar-refractivity contribution in [3.05, 3.63) is 66.9 Å². The number of fused-ring (bicyclic) bond motifs is 3. The Bertz CT molecular complexity index is 1260. The van der Waals surface area contributed by atoms with Gasteiger partial charge in [-0.2, -0.15) is 0 Å². The van der Waals surface area contributed by atoms with E-state index < -0.39 is 0 Å². The Balaban J connectivity index is 1.98. The van der Waals surface area contributed by atoms with Gasteiger partial charge in [0.15, 0.2) is 4.96 Å². The first-order chi connectivity index (χ1) is 12.5. The van der Waals surface area contributed by atoms with Crippen molar-refractivity contribution in [2.45, 2.75) is 20.8 Å². The van der Waals surface area contributed by atoms with Gasteiger partial charge < -0.3 is 4.74 Å². The molecule has 0 N–H and O–H groups in total. The Labute approximate surface area is 159 Å². The van der Waals surface area contributed by atoms with Gasteiger partial charge >= 0.3 is 0 Å². The van der Waals surface area contributed by atoms with Crippen LogP contribution < -0.4 is 14.8 Å². The van der Waals surface area contributed by atoms with E-state index in [1.165, 1.54) is 16.9 Å². The van der Waals surface area contributed by atoms with Gasteiger partial charge in [-0.1, -0.05) is 22.9 Å². The van der Waals surface area contributed by atoms with Crippen LogP contribution in [-0.4, -0.2) is 16.0 Å². The maximum Gasteiger partial charge on any atom is 0.274 e. The van der Waals surface area contributed by atoms with Crippen LogP contribution in [0.4, 0.5) is 0 Å². The number of imidazole rings is 1. The number of ether oxygens (including phenoxy) is 1. The Hall–Kier alpha value is -2.37. The predicted octanol–water partition coefficient (Wildman–Crippen LogP) is 4.13. The lowest BCUT2D eigenvalue weighted by molar-refractivity contribution is 0.339. The van der Waals surface area contributed by atoms with Crippen molar-refractivity contribution in [1.29, 1.82) is 0 Å². The minimum Gasteiger partial charge on any atom is -0.493 e. The first kappa shape index (κ1) is 17.1. The monoisotopic (exact) mass is 384 g/mol. The number of thiazole rings is 1. The van der Waals surface area contributed by atoms with Crippen LogP contribution in [0.2, 0.25) is 5.02 Å². The smallest absolute Gasteiger partial charge is 0.274 e. The molecule has 0 bridgehead atoms. The number of hydrogen-bond donors (Lipinski definition) is 0. The Morgan fingerprint density at radius 2 is 2.00 bits per heavy atom. The highest BCUT2D eigenvalue weighted by Crippen LogP contribution is 2.24. The summed E-state index contributed by atoms with van der Waals surface area (Å²) in [5.74, 6) is 0.707. The quantitative estimate of drug-likeness (QED) is 0.533. The third-order valence-corrected chi connectivity index (χ3v) is 5.62. The van der Waals surface area contributed by atoms with E-state index in [0.29, 0.717) is 26.9 Å². The molecule has 26 heavy (non-hydrogen) atoms. The number of halogens is 1. The summed E-state index contributed by atoms with van der Waals surface area (Å²) in [6.45, 7) is 6.56. The fraction of sp³-hybridized carbons (Fsp3) is 0.200. The number of rotatable bonds is 3. The maximum atomic E-state index is 13.0. The van der Waals surface area contributed by atoms with Crippen molar-refractivity contribution < 1.29 is 4.74 Å². The summed E-state index contributed by atoms with van der Waals surface area (Å²) in [7, 11) is 0. The second kappa shape index (κ2) is 6.41. The maximum absolute atomic E-state index is 13.0. The van der Waals surface area contributed by atoms with E-state index >= 15 is 0 Å². The van der Waals surface area contributed by atoms with E-state index in [9.17, 15) is 4.79 Å². The van der Waals surface area contributed by atoms with Gasteiger partial charge in [0.25, 0.3) is 5.56 Å². The molecule has 2 heterocycles. The van der Waals surface area contributed by atoms with E-state index in [1.807, 2.05) is 45.0 Å². The van der Waals surface area contributed by atoms with Gasteiger partial charge in [-0.15, -0.1) is 0 Å². The number of hydrogen-bond acceptors (Lipinski definition) is 4. The molecular formula is C20H17ClN2O2S. The average Bonchev–Trinajstić information content (AvgIpc) is 3.08. The van der Waals surface area contributed by atoms with Gasteiger partial charge in [0.2, 0.25) is 0 Å². The lowest BCUT2D eigenvalue weighted by Gasteiger charge is -2.06. The zero-order valence-electron chi connectivity index (χ0n) is 14.7. The van der Waals surface area contributed by atoms with Crippen molar-refractivity contribution in [3.8, 4) is 5.75 Å². The van der Waals surface area contributed by atoms with E-state index in [1.54, 1.807) is 16.5 Å². The van der Waals surface area contributed by atoms with Gasteiger partial charge in [-0.3, -0.25) is 4.79 Å². The summed E-state index contributed by atoms with van der Waals surface area (Å²) in [5, 5.41) is 0.602. The van der Waals surface area contributed by atoms with Crippen LogP contribution in [0.3, 0.4) is 0 Å². The molecule has 4 nitrogen and oxygen atoms in total. The summed E-state index contributed by atoms with van der Waals surface area (Å²) in [5.41, 5.74) is 4.73. The first-order valence-electron chi connectivity index (χ1n) is 8.34. The van der Waals surface area contributed by atoms with Gasteiger partial charge in [0.05, 0.1) is 22.2 Å². The molecule has 0 radical (unpaired) electrons. The van der Waals surface area contributed by atoms with E-state index in [0.717, 1.165) is 22.2 Å². The molecule has 0 unspecified atom stereocenters. The molecule has 2 aromatic carbocycles. The molecule has 2 aromatic heterocycles. The van der Waals surface area contributed by atoms with Crippen LogP contribution in [0.25, 0.3) is 22.1 Å². The first-order valence-corrected chi connectivity index (χ1v) is 9.53. The second-order valence-corrected chi connectivity index (χ2v) is 7.63. The molecule has 0 saturated carbocycles. The molecule has 4 rings (SSSR count). The fourth-order valence-corrected chi connectivity index (χ4v) is 4.14. The highest BCUT2D eigenvalue weighted by atomic mass is 35.5. The van der Waals surface area contributed by atoms with Gasteiger partial charge in [-0.25, -0.2) is 9.38 Å². The van der Waals surface area contributed by atoms with Crippen LogP contribution in [0.5, 0.6) is 5.75 Å². The van der Waals surface area contributed by atoms with Gasteiger partial charge in [0, 0.05) is 10.6 Å². The number of aromatic nitrogens is 2. The molecular weight excluding hydrogens is 368 g/mol. The zero-order valence-corrected chi connectivity index (χ0v) is 16.2. The van der Waals surface area contributed by atoms with Gasteiger partial charge in [0.1, 0.15) is 5.75 Å². The fourth-order valence-electron chi connectivity index (χ4n) is 2.98. The number of aryl methyl sites for hydroxylation is 2. The lowest BCUT2D eigenvalue weighted by Crippen LogP contribution is -2.22. The molecule has 0 aliphatic heterocycles. The summed E-state index contributed by atoms with van der Waals surface area (Å²) >= 11 is 7.50. The third-order valence-electron chi connectivity index (χ3n) is 4.41. The van der Waals surface area contributed by atoms with Crippen LogP contribution in [0.15, 0.2) is 35.1 Å². The minimum absolute atomic E-state index is 0.0711. The van der Waals surface area contributed by atoms with Crippen LogP contribution in [0.1, 0.15) is 23.6 Å². The minimum atomic E-state index is -0.0711. The topological polar surface area (TPSA) is 43.6 Å². The van der Waals surface area contributed by atoms with E-state index in [-0.39, 0.29) is 5.56 Å². The third kappa shape index (κ3) is 2.77. The van der Waals surface area contributed by atoms with Crippen LogP contribution in [0, 0.1) is 13.8 Å². The summed E-state index contributed by atoms with van der Waals surface area (Å²) < 4.78 is 7.94. The summed E-state index contributed by atoms with van der Waals surface area (Å²) in [6.07, 6.45) is 1.82. The summed E-state index contributed by atoms with van der Waals surface area (Å²) in [6, 6.07) is 9.45. The number of nitrogens with zero attached hydrogens (tertiary/aromatic N) is 2. The van der Waals surface area contributed by atoms with Crippen molar-refractivity contribution in [2.75, 3.05) is 6.61 Å². The van der Waals surface area contributed by atoms with E-state index in [2.05, 4.69) is 4.98 Å². The second-order valence-electron chi connectivity index (χ2n) is 6.19. The largest absolute Gasteiger partial charge is 0.493 e. The zero-order chi connectivity index (χ0) is 18.4. The highest BCUT2D eigenvalue weighted by Gasteiger charge is 2.13. The number of benzene rings is 2. The molecule has 0 aliphatic carbocycles. The van der Waals surface area contributed by atoms with E-state index in [4.69, 9.17) is 16.3 Å². The SMILES string of the molecule is CCOc1ccc(Cl)cc1/C=c1/sc2nc3cc(C)c(C)cc3n2c1=O. The predicted molar refractivity (Wildman–Crippen MR) is 108 cm³/mol. The molecule has 0 saturated heterocycles. The van der Waals surface area contributed by atoms with Crippen molar-refractivity contribution >= 4 is 45.0 Å². The Morgan fingerprint density at radius 1 is 1.23 bits per heavy atom. The molecule has 0 amide bonds.